The van der Waals surface area contributed by atoms with Crippen LogP contribution in [0.3, 0.4) is 0 Å². The maximum absolute atomic E-state index is 13.9. The molecule has 19 heavy (non-hydrogen) atoms. The lowest BCUT2D eigenvalue weighted by molar-refractivity contribution is 0.630. The number of nitrogens with zero attached hydrogens (tertiary/aromatic N) is 1. The van der Waals surface area contributed by atoms with E-state index in [0.717, 1.165) is 22.4 Å². The number of nitrogens with two attached hydrogens (primary N) is 1. The largest absolute Gasteiger partial charge is 0.378 e. The third-order valence-electron chi connectivity index (χ3n) is 3.15. The molecule has 0 bridgehead atoms. The molecule has 0 aliphatic rings. The minimum atomic E-state index is -0.339. The van der Waals surface area contributed by atoms with Gasteiger partial charge in [0.1, 0.15) is 5.82 Å². The van der Waals surface area contributed by atoms with Crippen molar-refractivity contribution < 1.29 is 4.39 Å². The highest BCUT2D eigenvalue weighted by Gasteiger charge is 2.08. The van der Waals surface area contributed by atoms with Crippen molar-refractivity contribution in [2.24, 2.45) is 5.84 Å². The lowest BCUT2D eigenvalue weighted by atomic mass is 10.0. The molecule has 3 nitrogen and oxygen atoms in total. The summed E-state index contributed by atoms with van der Waals surface area (Å²) >= 11 is 0. The van der Waals surface area contributed by atoms with Gasteiger partial charge in [-0.1, -0.05) is 12.1 Å². The van der Waals surface area contributed by atoms with E-state index in [0.29, 0.717) is 5.69 Å². The Bertz CT molecular complexity index is 553. The summed E-state index contributed by atoms with van der Waals surface area (Å²) < 4.78 is 13.9. The van der Waals surface area contributed by atoms with E-state index in [4.69, 9.17) is 5.84 Å². The first kappa shape index (κ1) is 13.4. The number of nitrogen functional groups attached to an aromatic ring is 1. The van der Waals surface area contributed by atoms with E-state index >= 15 is 0 Å². The number of hydrogen-bond acceptors (Lipinski definition) is 3. The van der Waals surface area contributed by atoms with Crippen LogP contribution in [0.25, 0.3) is 11.1 Å². The van der Waals surface area contributed by atoms with Gasteiger partial charge in [-0.25, -0.2) is 4.39 Å². The molecule has 3 N–H and O–H groups in total. The zero-order valence-electron chi connectivity index (χ0n) is 11.4. The number of aryl methyl sites for hydroxylation is 1. The van der Waals surface area contributed by atoms with Crippen LogP contribution in [0.4, 0.5) is 15.8 Å². The van der Waals surface area contributed by atoms with Gasteiger partial charge in [-0.3, -0.25) is 5.84 Å². The van der Waals surface area contributed by atoms with Crippen molar-refractivity contribution in [1.82, 2.24) is 0 Å². The molecule has 0 fully saturated rings. The molecular weight excluding hydrogens is 241 g/mol. The quantitative estimate of drug-likeness (QED) is 0.657. The van der Waals surface area contributed by atoms with Gasteiger partial charge in [0, 0.05) is 19.8 Å². The summed E-state index contributed by atoms with van der Waals surface area (Å²) in [6.07, 6.45) is 0. The molecular formula is C15H18FN3. The van der Waals surface area contributed by atoms with Crippen LogP contribution >= 0.6 is 0 Å². The van der Waals surface area contributed by atoms with E-state index < -0.39 is 0 Å². The maximum Gasteiger partial charge on any atom is 0.148 e. The van der Waals surface area contributed by atoms with Gasteiger partial charge in [0.15, 0.2) is 0 Å². The predicted molar refractivity (Wildman–Crippen MR) is 78.7 cm³/mol. The monoisotopic (exact) mass is 259 g/mol. The molecule has 0 saturated heterocycles. The first-order chi connectivity index (χ1) is 9.02. The molecule has 2 rings (SSSR count). The van der Waals surface area contributed by atoms with E-state index in [9.17, 15) is 4.39 Å². The first-order valence-electron chi connectivity index (χ1n) is 6.07. The van der Waals surface area contributed by atoms with Crippen LogP contribution in [0, 0.1) is 12.7 Å². The molecule has 0 aliphatic heterocycles. The predicted octanol–water partition coefficient (Wildman–Crippen LogP) is 3.15. The van der Waals surface area contributed by atoms with Crippen molar-refractivity contribution in [3.05, 3.63) is 47.8 Å². The van der Waals surface area contributed by atoms with Gasteiger partial charge in [-0.2, -0.15) is 0 Å². The van der Waals surface area contributed by atoms with Crippen molar-refractivity contribution in [1.29, 1.82) is 0 Å². The normalized spacial score (nSPS) is 10.4. The van der Waals surface area contributed by atoms with Gasteiger partial charge in [0.2, 0.25) is 0 Å². The van der Waals surface area contributed by atoms with Crippen LogP contribution in [0.5, 0.6) is 0 Å². The summed E-state index contributed by atoms with van der Waals surface area (Å²) in [6.45, 7) is 1.83. The summed E-state index contributed by atoms with van der Waals surface area (Å²) in [5.74, 6) is 4.96. The number of nitrogens with one attached hydrogen (secondary N) is 1. The van der Waals surface area contributed by atoms with Crippen LogP contribution in [0.1, 0.15) is 5.56 Å². The Hall–Kier alpha value is -2.07. The van der Waals surface area contributed by atoms with Crippen LogP contribution in [0.15, 0.2) is 36.4 Å². The standard InChI is InChI=1S/C15H18FN3/c1-10-8-12(9-14(16)15(10)18-17)11-4-6-13(7-5-11)19(2)3/h4-9,18H,17H2,1-3H3. The Balaban J connectivity index is 2.42. The summed E-state index contributed by atoms with van der Waals surface area (Å²) in [5, 5.41) is 0. The van der Waals surface area contributed by atoms with Crippen LogP contribution < -0.4 is 16.2 Å². The number of hydrogen-bond donors (Lipinski definition) is 2. The highest BCUT2D eigenvalue weighted by Crippen LogP contribution is 2.28. The van der Waals surface area contributed by atoms with Crippen molar-refractivity contribution in [2.75, 3.05) is 24.4 Å². The molecule has 0 amide bonds. The lowest BCUT2D eigenvalue weighted by Gasteiger charge is -2.13. The maximum atomic E-state index is 13.9. The second-order valence-electron chi connectivity index (χ2n) is 4.74. The number of hydrazine groups is 1. The van der Waals surface area contributed by atoms with Crippen molar-refractivity contribution in [3.8, 4) is 11.1 Å². The number of benzene rings is 2. The Morgan fingerprint density at radius 2 is 1.68 bits per heavy atom. The fourth-order valence-corrected chi connectivity index (χ4v) is 2.05. The van der Waals surface area contributed by atoms with Gasteiger partial charge in [0.05, 0.1) is 5.69 Å². The summed E-state index contributed by atoms with van der Waals surface area (Å²) in [7, 11) is 3.97. The highest BCUT2D eigenvalue weighted by atomic mass is 19.1. The van der Waals surface area contributed by atoms with Gasteiger partial charge in [0.25, 0.3) is 0 Å². The second kappa shape index (κ2) is 5.28. The molecule has 0 radical (unpaired) electrons. The van der Waals surface area contributed by atoms with Crippen LogP contribution in [0.2, 0.25) is 0 Å². The van der Waals surface area contributed by atoms with E-state index in [1.165, 1.54) is 6.07 Å². The van der Waals surface area contributed by atoms with E-state index in [-0.39, 0.29) is 5.82 Å². The van der Waals surface area contributed by atoms with Gasteiger partial charge < -0.3 is 10.3 Å². The molecule has 0 saturated carbocycles. The lowest BCUT2D eigenvalue weighted by Crippen LogP contribution is -2.10. The summed E-state index contributed by atoms with van der Waals surface area (Å²) in [6, 6.07) is 11.4. The van der Waals surface area contributed by atoms with Crippen LogP contribution in [-0.4, -0.2) is 14.1 Å². The molecule has 4 heteroatoms. The fourth-order valence-electron chi connectivity index (χ4n) is 2.05. The van der Waals surface area contributed by atoms with Crippen molar-refractivity contribution in [3.63, 3.8) is 0 Å². The number of anilines is 2. The Kier molecular flexibility index (Phi) is 3.71. The first-order valence-corrected chi connectivity index (χ1v) is 6.07. The summed E-state index contributed by atoms with van der Waals surface area (Å²) in [5.41, 5.74) is 6.45. The zero-order valence-corrected chi connectivity index (χ0v) is 11.4. The molecule has 100 valence electrons. The van der Waals surface area contributed by atoms with E-state index in [2.05, 4.69) is 5.43 Å². The molecule has 2 aromatic carbocycles. The van der Waals surface area contributed by atoms with Crippen molar-refractivity contribution >= 4 is 11.4 Å². The molecule has 0 aromatic heterocycles. The smallest absolute Gasteiger partial charge is 0.148 e. The summed E-state index contributed by atoms with van der Waals surface area (Å²) in [4.78, 5) is 2.02. The van der Waals surface area contributed by atoms with Gasteiger partial charge in [-0.15, -0.1) is 0 Å². The minimum Gasteiger partial charge on any atom is -0.378 e. The third-order valence-corrected chi connectivity index (χ3v) is 3.15. The molecule has 0 spiro atoms. The SMILES string of the molecule is Cc1cc(-c2ccc(N(C)C)cc2)cc(F)c1NN. The molecule has 2 aromatic rings. The fraction of sp³-hybridized carbons (Fsp3) is 0.200. The average Bonchev–Trinajstić information content (AvgIpc) is 2.38. The van der Waals surface area contributed by atoms with Crippen LogP contribution in [-0.2, 0) is 0 Å². The molecule has 0 unspecified atom stereocenters. The van der Waals surface area contributed by atoms with Gasteiger partial charge in [-0.05, 0) is 47.9 Å². The van der Waals surface area contributed by atoms with E-state index in [1.807, 2.05) is 56.3 Å². The number of rotatable bonds is 3. The number of halogens is 1. The average molecular weight is 259 g/mol. The van der Waals surface area contributed by atoms with Crippen molar-refractivity contribution in [2.45, 2.75) is 6.92 Å². The Morgan fingerprint density at radius 1 is 1.05 bits per heavy atom. The molecule has 0 atom stereocenters. The van der Waals surface area contributed by atoms with Gasteiger partial charge >= 0.3 is 0 Å². The molecule has 0 heterocycles. The van der Waals surface area contributed by atoms with E-state index in [1.54, 1.807) is 0 Å². The third kappa shape index (κ3) is 2.69. The Labute approximate surface area is 112 Å². The highest BCUT2D eigenvalue weighted by molar-refractivity contribution is 5.70. The minimum absolute atomic E-state index is 0.339. The second-order valence-corrected chi connectivity index (χ2v) is 4.74. The molecule has 0 aliphatic carbocycles. The Morgan fingerprint density at radius 3 is 2.16 bits per heavy atom. The topological polar surface area (TPSA) is 41.3 Å². The zero-order chi connectivity index (χ0) is 14.0.